The molecule has 0 amide bonds. The van der Waals surface area contributed by atoms with Crippen molar-refractivity contribution in [2.45, 2.75) is 12.6 Å². The molecular formula is C19H18N4S. The van der Waals surface area contributed by atoms with E-state index in [4.69, 9.17) is 12.2 Å². The number of rotatable bonds is 2. The average Bonchev–Trinajstić information content (AvgIpc) is 3.11. The van der Waals surface area contributed by atoms with Gasteiger partial charge in [0.2, 0.25) is 0 Å². The van der Waals surface area contributed by atoms with Gasteiger partial charge in [-0.05, 0) is 48.1 Å². The second-order valence-corrected chi connectivity index (χ2v) is 6.19. The largest absolute Gasteiger partial charge is 0.348 e. The fourth-order valence-electron chi connectivity index (χ4n) is 3.21. The molecule has 0 unspecified atom stereocenters. The molecule has 24 heavy (non-hydrogen) atoms. The summed E-state index contributed by atoms with van der Waals surface area (Å²) < 4.78 is 2.29. The van der Waals surface area contributed by atoms with E-state index in [1.807, 2.05) is 42.6 Å². The van der Waals surface area contributed by atoms with Gasteiger partial charge in [-0.15, -0.1) is 0 Å². The normalized spacial score (nSPS) is 16.5. The van der Waals surface area contributed by atoms with Gasteiger partial charge in [0, 0.05) is 43.1 Å². The maximum Gasteiger partial charge on any atom is 0.174 e. The van der Waals surface area contributed by atoms with Crippen LogP contribution < -0.4 is 5.32 Å². The van der Waals surface area contributed by atoms with Crippen LogP contribution in [0.2, 0.25) is 0 Å². The third-order valence-electron chi connectivity index (χ3n) is 4.32. The Hall–Kier alpha value is -2.66. The molecule has 0 aliphatic carbocycles. The molecule has 2 aromatic heterocycles. The molecule has 0 bridgehead atoms. The summed E-state index contributed by atoms with van der Waals surface area (Å²) >= 11 is 5.72. The highest BCUT2D eigenvalue weighted by atomic mass is 32.1. The van der Waals surface area contributed by atoms with Crippen molar-refractivity contribution in [3.63, 3.8) is 0 Å². The summed E-state index contributed by atoms with van der Waals surface area (Å²) in [6, 6.07) is 18.5. The quantitative estimate of drug-likeness (QED) is 0.725. The lowest BCUT2D eigenvalue weighted by atomic mass is 10.0. The molecule has 1 aliphatic heterocycles. The number of hydrogen-bond donors (Lipinski definition) is 1. The summed E-state index contributed by atoms with van der Waals surface area (Å²) in [4.78, 5) is 6.54. The van der Waals surface area contributed by atoms with E-state index in [1.165, 1.54) is 5.69 Å². The molecule has 4 nitrogen and oxygen atoms in total. The first kappa shape index (κ1) is 14.9. The zero-order valence-electron chi connectivity index (χ0n) is 13.2. The van der Waals surface area contributed by atoms with Crippen LogP contribution in [0.15, 0.2) is 73.2 Å². The third kappa shape index (κ3) is 2.78. The first-order valence-corrected chi connectivity index (χ1v) is 8.41. The summed E-state index contributed by atoms with van der Waals surface area (Å²) in [5, 5.41) is 4.10. The Morgan fingerprint density at radius 2 is 1.92 bits per heavy atom. The van der Waals surface area contributed by atoms with E-state index in [1.54, 1.807) is 6.20 Å². The molecule has 4 rings (SSSR count). The molecule has 0 fully saturated rings. The number of hydrogen-bond acceptors (Lipinski definition) is 2. The Labute approximate surface area is 146 Å². The number of para-hydroxylation sites is 1. The number of aromatic nitrogens is 2. The van der Waals surface area contributed by atoms with E-state index in [0.29, 0.717) is 0 Å². The van der Waals surface area contributed by atoms with E-state index in [2.05, 4.69) is 44.2 Å². The minimum absolute atomic E-state index is 0.0752. The van der Waals surface area contributed by atoms with Crippen LogP contribution in [0.25, 0.3) is 0 Å². The Balaban J connectivity index is 1.67. The summed E-state index contributed by atoms with van der Waals surface area (Å²) in [5.74, 6) is 0. The first-order chi connectivity index (χ1) is 11.8. The van der Waals surface area contributed by atoms with Crippen LogP contribution in [-0.4, -0.2) is 26.1 Å². The smallest absolute Gasteiger partial charge is 0.174 e. The zero-order chi connectivity index (χ0) is 16.4. The molecule has 0 spiro atoms. The lowest BCUT2D eigenvalue weighted by Gasteiger charge is -2.38. The number of nitrogens with zero attached hydrogens (tertiary/aromatic N) is 3. The summed E-state index contributed by atoms with van der Waals surface area (Å²) in [7, 11) is 0. The van der Waals surface area contributed by atoms with Crippen LogP contribution >= 0.6 is 12.2 Å². The van der Waals surface area contributed by atoms with Gasteiger partial charge in [0.1, 0.15) is 0 Å². The molecule has 0 radical (unpaired) electrons. The number of thiocarbonyl (C=S) groups is 1. The van der Waals surface area contributed by atoms with E-state index in [9.17, 15) is 0 Å². The van der Waals surface area contributed by atoms with Crippen molar-refractivity contribution in [1.82, 2.24) is 14.5 Å². The molecular weight excluding hydrogens is 316 g/mol. The lowest BCUT2D eigenvalue weighted by molar-refractivity contribution is 0.293. The summed E-state index contributed by atoms with van der Waals surface area (Å²) in [6.45, 7) is 1.79. The molecule has 1 atom stereocenters. The summed E-state index contributed by atoms with van der Waals surface area (Å²) in [6.07, 6.45) is 5.85. The van der Waals surface area contributed by atoms with Gasteiger partial charge in [0.15, 0.2) is 5.11 Å². The molecule has 3 heterocycles. The number of fused-ring (bicyclic) bond motifs is 1. The SMILES string of the molecule is S=C(Nc1ccccc1)N1CCn2cccc2[C@H]1c1cccnc1. The molecule has 1 aromatic carbocycles. The van der Waals surface area contributed by atoms with Crippen molar-refractivity contribution in [2.24, 2.45) is 0 Å². The van der Waals surface area contributed by atoms with Gasteiger partial charge in [-0.25, -0.2) is 0 Å². The second kappa shape index (κ2) is 6.45. The van der Waals surface area contributed by atoms with E-state index < -0.39 is 0 Å². The number of pyridine rings is 1. The van der Waals surface area contributed by atoms with Gasteiger partial charge in [-0.2, -0.15) is 0 Å². The predicted molar refractivity (Wildman–Crippen MR) is 99.9 cm³/mol. The topological polar surface area (TPSA) is 33.1 Å². The average molecular weight is 334 g/mol. The Bertz CT molecular complexity index is 829. The van der Waals surface area contributed by atoms with Crippen molar-refractivity contribution >= 4 is 23.0 Å². The highest BCUT2D eigenvalue weighted by Crippen LogP contribution is 2.32. The van der Waals surface area contributed by atoms with Gasteiger partial charge >= 0.3 is 0 Å². The molecule has 0 saturated carbocycles. The molecule has 5 heteroatoms. The van der Waals surface area contributed by atoms with Gasteiger partial charge in [0.05, 0.1) is 6.04 Å². The van der Waals surface area contributed by atoms with Crippen molar-refractivity contribution in [3.05, 3.63) is 84.4 Å². The zero-order valence-corrected chi connectivity index (χ0v) is 14.0. The molecule has 0 saturated heterocycles. The molecule has 1 aliphatic rings. The molecule has 1 N–H and O–H groups in total. The first-order valence-electron chi connectivity index (χ1n) is 8.00. The number of nitrogens with one attached hydrogen (secondary N) is 1. The van der Waals surface area contributed by atoms with Crippen molar-refractivity contribution in [2.75, 3.05) is 11.9 Å². The molecule has 3 aromatic rings. The Morgan fingerprint density at radius 3 is 2.71 bits per heavy atom. The molecule has 120 valence electrons. The van der Waals surface area contributed by atoms with Crippen LogP contribution in [0.3, 0.4) is 0 Å². The highest BCUT2D eigenvalue weighted by molar-refractivity contribution is 7.80. The maximum absolute atomic E-state index is 5.72. The van der Waals surface area contributed by atoms with Crippen molar-refractivity contribution in [1.29, 1.82) is 0 Å². The van der Waals surface area contributed by atoms with Crippen LogP contribution in [-0.2, 0) is 6.54 Å². The monoisotopic (exact) mass is 334 g/mol. The fourth-order valence-corrected chi connectivity index (χ4v) is 3.52. The maximum atomic E-state index is 5.72. The number of anilines is 1. The van der Waals surface area contributed by atoms with Gasteiger partial charge < -0.3 is 14.8 Å². The minimum atomic E-state index is 0.0752. The van der Waals surface area contributed by atoms with Crippen LogP contribution in [0.4, 0.5) is 5.69 Å². The Kier molecular flexibility index (Phi) is 4.01. The van der Waals surface area contributed by atoms with Crippen molar-refractivity contribution in [3.8, 4) is 0 Å². The van der Waals surface area contributed by atoms with Crippen LogP contribution in [0, 0.1) is 0 Å². The standard InChI is InChI=1S/C19H18N4S/c24-19(21-16-7-2-1-3-8-16)23-13-12-22-11-5-9-17(22)18(23)15-6-4-10-20-14-15/h1-11,14,18H,12-13H2,(H,21,24)/t18-/m1/s1. The van der Waals surface area contributed by atoms with Gasteiger partial charge in [-0.3, -0.25) is 4.98 Å². The lowest BCUT2D eigenvalue weighted by Crippen LogP contribution is -2.44. The summed E-state index contributed by atoms with van der Waals surface area (Å²) in [5.41, 5.74) is 3.40. The highest BCUT2D eigenvalue weighted by Gasteiger charge is 2.30. The van der Waals surface area contributed by atoms with Crippen LogP contribution in [0.5, 0.6) is 0 Å². The van der Waals surface area contributed by atoms with Crippen molar-refractivity contribution < 1.29 is 0 Å². The van der Waals surface area contributed by atoms with Gasteiger partial charge in [-0.1, -0.05) is 24.3 Å². The van der Waals surface area contributed by atoms with Crippen LogP contribution in [0.1, 0.15) is 17.3 Å². The number of benzene rings is 1. The van der Waals surface area contributed by atoms with Gasteiger partial charge in [0.25, 0.3) is 0 Å². The van der Waals surface area contributed by atoms with E-state index >= 15 is 0 Å². The van der Waals surface area contributed by atoms with E-state index in [0.717, 1.165) is 29.5 Å². The fraction of sp³-hybridized carbons (Fsp3) is 0.158. The minimum Gasteiger partial charge on any atom is -0.348 e. The third-order valence-corrected chi connectivity index (χ3v) is 4.66. The van der Waals surface area contributed by atoms with E-state index in [-0.39, 0.29) is 6.04 Å². The second-order valence-electron chi connectivity index (χ2n) is 5.80. The Morgan fingerprint density at radius 1 is 1.04 bits per heavy atom. The predicted octanol–water partition coefficient (Wildman–Crippen LogP) is 3.69.